The molecule has 0 aromatic heterocycles. The Balaban J connectivity index is 4.51. The molecule has 0 radical (unpaired) electrons. The summed E-state index contributed by atoms with van der Waals surface area (Å²) < 4.78 is 5.44. The van der Waals surface area contributed by atoms with Crippen LogP contribution in [0.15, 0.2) is 23.3 Å². The van der Waals surface area contributed by atoms with Crippen molar-refractivity contribution in [3.05, 3.63) is 23.3 Å². The van der Waals surface area contributed by atoms with E-state index in [4.69, 9.17) is 9.84 Å². The molecule has 0 aliphatic rings. The maximum atomic E-state index is 12.1. The lowest BCUT2D eigenvalue weighted by atomic mass is 9.86. The van der Waals surface area contributed by atoms with Crippen LogP contribution < -0.4 is 0 Å². The summed E-state index contributed by atoms with van der Waals surface area (Å²) in [5, 5.41) is 8.80. The van der Waals surface area contributed by atoms with Gasteiger partial charge in [-0.25, -0.2) is 0 Å². The quantitative estimate of drug-likeness (QED) is 0.691. The van der Waals surface area contributed by atoms with Gasteiger partial charge in [-0.1, -0.05) is 38.5 Å². The summed E-state index contributed by atoms with van der Waals surface area (Å²) in [5.74, 6) is 0.216. The minimum Gasteiger partial charge on any atom is -0.392 e. The van der Waals surface area contributed by atoms with Crippen molar-refractivity contribution in [3.8, 4) is 0 Å². The summed E-state index contributed by atoms with van der Waals surface area (Å²) in [6.07, 6.45) is 6.05. The van der Waals surface area contributed by atoms with Gasteiger partial charge in [0, 0.05) is 18.9 Å². The molecule has 0 bridgehead atoms. The van der Waals surface area contributed by atoms with Gasteiger partial charge in [0.1, 0.15) is 5.78 Å². The first kappa shape index (κ1) is 19.1. The van der Waals surface area contributed by atoms with Gasteiger partial charge in [0.15, 0.2) is 0 Å². The molecule has 0 aromatic rings. The number of carbonyl (C=O) groups is 1. The van der Waals surface area contributed by atoms with Crippen LogP contribution in [0.2, 0.25) is 0 Å². The predicted octanol–water partition coefficient (Wildman–Crippen LogP) is 3.67. The molecule has 1 unspecified atom stereocenters. The summed E-state index contributed by atoms with van der Waals surface area (Å²) in [5.41, 5.74) is 1.95. The van der Waals surface area contributed by atoms with Crippen molar-refractivity contribution >= 4 is 5.78 Å². The van der Waals surface area contributed by atoms with Gasteiger partial charge in [-0.2, -0.15) is 0 Å². The van der Waals surface area contributed by atoms with E-state index in [0.29, 0.717) is 6.42 Å². The lowest BCUT2D eigenvalue weighted by Crippen LogP contribution is -2.26. The van der Waals surface area contributed by atoms with Gasteiger partial charge in [-0.05, 0) is 32.3 Å². The normalized spacial score (nSPS) is 15.3. The zero-order valence-electron chi connectivity index (χ0n) is 13.8. The Bertz CT molecular complexity index is 359. The van der Waals surface area contributed by atoms with Crippen molar-refractivity contribution in [2.45, 2.75) is 60.0 Å². The summed E-state index contributed by atoms with van der Waals surface area (Å²) in [6.45, 7) is 9.92. The van der Waals surface area contributed by atoms with E-state index in [1.165, 1.54) is 5.57 Å². The van der Waals surface area contributed by atoms with Crippen LogP contribution in [-0.2, 0) is 9.53 Å². The van der Waals surface area contributed by atoms with Crippen molar-refractivity contribution in [1.29, 1.82) is 0 Å². The maximum Gasteiger partial charge on any atom is 0.141 e. The van der Waals surface area contributed by atoms with Crippen molar-refractivity contribution in [2.75, 3.05) is 13.7 Å². The number of methoxy groups -OCH3 is 1. The van der Waals surface area contributed by atoms with Crippen LogP contribution >= 0.6 is 0 Å². The number of aliphatic hydroxyl groups excluding tert-OH is 1. The highest BCUT2D eigenvalue weighted by Gasteiger charge is 2.25. The largest absolute Gasteiger partial charge is 0.392 e. The molecule has 0 heterocycles. The first-order valence-corrected chi connectivity index (χ1v) is 7.21. The minimum atomic E-state index is -0.322. The second kappa shape index (κ2) is 9.09. The van der Waals surface area contributed by atoms with Crippen LogP contribution in [0.25, 0.3) is 0 Å². The molecule has 3 nitrogen and oxygen atoms in total. The summed E-state index contributed by atoms with van der Waals surface area (Å²) in [6, 6.07) is 0. The number of aliphatic hydroxyl groups is 1. The number of Topliss-reactive ketones (excluding diaryl/α,β-unsaturated/α-hetero) is 1. The standard InChI is InChI=1S/C17H30O3/c1-13(10-11-18)8-7-9-14(2)15(20-6)12-16(19)17(3,4)5/h9-10,15,18H,7-8,11-12H2,1-6H3. The number of allylic oxidation sites excluding steroid dienone is 2. The molecule has 0 aliphatic heterocycles. The maximum absolute atomic E-state index is 12.1. The SMILES string of the molecule is COC(CC(=O)C(C)(C)C)C(C)=CCCC(C)=CCO. The zero-order chi connectivity index (χ0) is 15.8. The van der Waals surface area contributed by atoms with Gasteiger partial charge >= 0.3 is 0 Å². The lowest BCUT2D eigenvalue weighted by Gasteiger charge is -2.22. The van der Waals surface area contributed by atoms with E-state index in [1.807, 2.05) is 40.7 Å². The molecule has 0 saturated carbocycles. The Kier molecular flexibility index (Phi) is 8.67. The second-order valence-electron chi connectivity index (χ2n) is 6.32. The van der Waals surface area contributed by atoms with Crippen molar-refractivity contribution < 1.29 is 14.6 Å². The molecule has 0 amide bonds. The molecule has 116 valence electrons. The van der Waals surface area contributed by atoms with Crippen molar-refractivity contribution in [2.24, 2.45) is 5.41 Å². The number of hydrogen-bond donors (Lipinski definition) is 1. The molecule has 0 fully saturated rings. The molecular formula is C17H30O3. The average Bonchev–Trinajstić information content (AvgIpc) is 2.34. The molecule has 0 rings (SSSR count). The first-order valence-electron chi connectivity index (χ1n) is 7.21. The van der Waals surface area contributed by atoms with E-state index in [1.54, 1.807) is 7.11 Å². The molecule has 0 aromatic carbocycles. The Hall–Kier alpha value is -0.930. The van der Waals surface area contributed by atoms with Crippen LogP contribution in [0.4, 0.5) is 0 Å². The molecule has 3 heteroatoms. The van der Waals surface area contributed by atoms with Crippen LogP contribution in [0, 0.1) is 5.41 Å². The third-order valence-electron chi connectivity index (χ3n) is 3.44. The highest BCUT2D eigenvalue weighted by molar-refractivity contribution is 5.84. The van der Waals surface area contributed by atoms with Gasteiger partial charge < -0.3 is 9.84 Å². The highest BCUT2D eigenvalue weighted by atomic mass is 16.5. The summed E-state index contributed by atoms with van der Waals surface area (Å²) in [7, 11) is 1.65. The fraction of sp³-hybridized carbons (Fsp3) is 0.706. The van der Waals surface area contributed by atoms with Gasteiger partial charge in [0.05, 0.1) is 12.7 Å². The van der Waals surface area contributed by atoms with E-state index < -0.39 is 0 Å². The predicted molar refractivity (Wildman–Crippen MR) is 83.7 cm³/mol. The van der Waals surface area contributed by atoms with Crippen LogP contribution in [-0.4, -0.2) is 30.7 Å². The zero-order valence-corrected chi connectivity index (χ0v) is 13.8. The van der Waals surface area contributed by atoms with Crippen LogP contribution in [0.3, 0.4) is 0 Å². The van der Waals surface area contributed by atoms with E-state index >= 15 is 0 Å². The molecule has 0 aliphatic carbocycles. The van der Waals surface area contributed by atoms with E-state index in [-0.39, 0.29) is 23.9 Å². The number of ether oxygens (including phenoxy) is 1. The molecule has 1 N–H and O–H groups in total. The lowest BCUT2D eigenvalue weighted by molar-refractivity contribution is -0.128. The van der Waals surface area contributed by atoms with Gasteiger partial charge in [-0.15, -0.1) is 0 Å². The van der Waals surface area contributed by atoms with Gasteiger partial charge in [0.25, 0.3) is 0 Å². The fourth-order valence-corrected chi connectivity index (χ4v) is 1.82. The fourth-order valence-electron chi connectivity index (χ4n) is 1.82. The molecule has 20 heavy (non-hydrogen) atoms. The van der Waals surface area contributed by atoms with E-state index in [9.17, 15) is 4.79 Å². The Morgan fingerprint density at radius 1 is 1.25 bits per heavy atom. The Morgan fingerprint density at radius 3 is 2.30 bits per heavy atom. The summed E-state index contributed by atoms with van der Waals surface area (Å²) in [4.78, 5) is 12.1. The second-order valence-corrected chi connectivity index (χ2v) is 6.32. The number of hydrogen-bond acceptors (Lipinski definition) is 3. The molecule has 1 atom stereocenters. The van der Waals surface area contributed by atoms with Crippen LogP contribution in [0.1, 0.15) is 53.9 Å². The number of carbonyl (C=O) groups excluding carboxylic acids is 1. The van der Waals surface area contributed by atoms with Crippen molar-refractivity contribution in [1.82, 2.24) is 0 Å². The van der Waals surface area contributed by atoms with Crippen LogP contribution in [0.5, 0.6) is 0 Å². The first-order chi connectivity index (χ1) is 9.22. The smallest absolute Gasteiger partial charge is 0.141 e. The number of rotatable bonds is 8. The van der Waals surface area contributed by atoms with E-state index in [2.05, 4.69) is 6.08 Å². The monoisotopic (exact) mass is 282 g/mol. The summed E-state index contributed by atoms with van der Waals surface area (Å²) >= 11 is 0. The Labute approximate surface area is 123 Å². The minimum absolute atomic E-state index is 0.0926. The molecule has 0 saturated heterocycles. The third-order valence-corrected chi connectivity index (χ3v) is 3.44. The van der Waals surface area contributed by atoms with Gasteiger partial charge in [-0.3, -0.25) is 4.79 Å². The Morgan fingerprint density at radius 2 is 1.85 bits per heavy atom. The number of ketones is 1. The average molecular weight is 282 g/mol. The molecule has 0 spiro atoms. The highest BCUT2D eigenvalue weighted by Crippen LogP contribution is 2.21. The van der Waals surface area contributed by atoms with Crippen molar-refractivity contribution in [3.63, 3.8) is 0 Å². The molecular weight excluding hydrogens is 252 g/mol. The third kappa shape index (κ3) is 7.61. The van der Waals surface area contributed by atoms with Gasteiger partial charge in [0.2, 0.25) is 0 Å². The topological polar surface area (TPSA) is 46.5 Å². The van der Waals surface area contributed by atoms with E-state index in [0.717, 1.165) is 18.4 Å².